The number of benzene rings is 2. The molecule has 3 aromatic rings. The Hall–Kier alpha value is -3.15. The van der Waals surface area contributed by atoms with E-state index in [4.69, 9.17) is 0 Å². The lowest BCUT2D eigenvalue weighted by atomic mass is 10.1. The number of aromatic nitrogens is 1. The van der Waals surface area contributed by atoms with Gasteiger partial charge in [-0.2, -0.15) is 0 Å². The lowest BCUT2D eigenvalue weighted by molar-refractivity contribution is 0.0953. The highest BCUT2D eigenvalue weighted by atomic mass is 16.3. The van der Waals surface area contributed by atoms with Gasteiger partial charge in [-0.25, -0.2) is 0 Å². The minimum Gasteiger partial charge on any atom is -0.504 e. The fourth-order valence-electron chi connectivity index (χ4n) is 2.41. The Balaban J connectivity index is 1.62. The molecule has 0 saturated heterocycles. The number of hydrogen-bond donors (Lipinski definition) is 5. The number of carbonyl (C=O) groups is 1. The van der Waals surface area contributed by atoms with Gasteiger partial charge in [0.15, 0.2) is 17.2 Å². The number of amides is 1. The zero-order chi connectivity index (χ0) is 16.4. The Kier molecular flexibility index (Phi) is 3.80. The van der Waals surface area contributed by atoms with Crippen LogP contribution in [0.1, 0.15) is 15.9 Å². The van der Waals surface area contributed by atoms with E-state index in [1.165, 1.54) is 0 Å². The van der Waals surface area contributed by atoms with Crippen molar-refractivity contribution in [2.75, 3.05) is 6.54 Å². The molecule has 0 saturated carbocycles. The number of aromatic hydroxyl groups is 3. The van der Waals surface area contributed by atoms with Crippen molar-refractivity contribution in [1.29, 1.82) is 0 Å². The highest BCUT2D eigenvalue weighted by Gasteiger charge is 2.13. The molecule has 0 fully saturated rings. The fourth-order valence-corrected chi connectivity index (χ4v) is 2.41. The zero-order valence-corrected chi connectivity index (χ0v) is 12.2. The second kappa shape index (κ2) is 5.92. The molecule has 0 aliphatic carbocycles. The number of H-pyrrole nitrogens is 1. The molecule has 3 rings (SSSR count). The van der Waals surface area contributed by atoms with E-state index in [9.17, 15) is 20.1 Å². The molecule has 0 atom stereocenters. The van der Waals surface area contributed by atoms with Gasteiger partial charge in [-0.1, -0.05) is 12.1 Å². The molecule has 23 heavy (non-hydrogen) atoms. The molecular weight excluding hydrogens is 296 g/mol. The van der Waals surface area contributed by atoms with Crippen LogP contribution in [0.3, 0.4) is 0 Å². The maximum absolute atomic E-state index is 12.0. The van der Waals surface area contributed by atoms with Crippen molar-refractivity contribution in [3.05, 3.63) is 53.7 Å². The smallest absolute Gasteiger partial charge is 0.251 e. The summed E-state index contributed by atoms with van der Waals surface area (Å²) in [4.78, 5) is 15.1. The highest BCUT2D eigenvalue weighted by Crippen LogP contribution is 2.35. The molecule has 0 radical (unpaired) electrons. The van der Waals surface area contributed by atoms with Crippen LogP contribution in [0.5, 0.6) is 17.2 Å². The summed E-state index contributed by atoms with van der Waals surface area (Å²) in [6.07, 6.45) is 2.52. The fraction of sp³-hybridized carbons (Fsp3) is 0.118. The summed E-state index contributed by atoms with van der Waals surface area (Å²) in [7, 11) is 0. The number of rotatable bonds is 4. The van der Waals surface area contributed by atoms with Crippen molar-refractivity contribution in [3.63, 3.8) is 0 Å². The number of hydrogen-bond acceptors (Lipinski definition) is 4. The van der Waals surface area contributed by atoms with E-state index in [-0.39, 0.29) is 5.56 Å². The van der Waals surface area contributed by atoms with Gasteiger partial charge < -0.3 is 25.6 Å². The standard InChI is InChI=1S/C17H16N2O4/c20-14-8-12(9-15(21)16(14)22)17(23)19-5-3-10-1-2-11-4-6-18-13(11)7-10/h1-2,4,6-9,18,20-22H,3,5H2,(H,19,23). The largest absolute Gasteiger partial charge is 0.504 e. The van der Waals surface area contributed by atoms with Gasteiger partial charge in [0.1, 0.15) is 0 Å². The van der Waals surface area contributed by atoms with E-state index in [2.05, 4.69) is 10.3 Å². The predicted molar refractivity (Wildman–Crippen MR) is 85.8 cm³/mol. The minimum atomic E-state index is -0.638. The predicted octanol–water partition coefficient (Wildman–Crippen LogP) is 2.26. The van der Waals surface area contributed by atoms with Gasteiger partial charge in [0.05, 0.1) is 0 Å². The third kappa shape index (κ3) is 3.06. The van der Waals surface area contributed by atoms with Crippen LogP contribution in [0.4, 0.5) is 0 Å². The van der Waals surface area contributed by atoms with Crippen LogP contribution < -0.4 is 5.32 Å². The summed E-state index contributed by atoms with van der Waals surface area (Å²) in [5.41, 5.74) is 2.21. The first kappa shape index (κ1) is 14.8. The molecule has 0 bridgehead atoms. The first-order valence-corrected chi connectivity index (χ1v) is 7.14. The minimum absolute atomic E-state index is 0.0811. The van der Waals surface area contributed by atoms with Gasteiger partial charge in [-0.15, -0.1) is 0 Å². The zero-order valence-electron chi connectivity index (χ0n) is 12.2. The van der Waals surface area contributed by atoms with E-state index in [0.717, 1.165) is 28.6 Å². The van der Waals surface area contributed by atoms with E-state index in [1.54, 1.807) is 0 Å². The van der Waals surface area contributed by atoms with Crippen LogP contribution in [-0.2, 0) is 6.42 Å². The summed E-state index contributed by atoms with van der Waals surface area (Å²) >= 11 is 0. The third-order valence-electron chi connectivity index (χ3n) is 3.65. The van der Waals surface area contributed by atoms with Gasteiger partial charge in [-0.3, -0.25) is 4.79 Å². The molecular formula is C17H16N2O4. The molecule has 0 unspecified atom stereocenters. The van der Waals surface area contributed by atoms with Crippen molar-refractivity contribution >= 4 is 16.8 Å². The Bertz CT molecular complexity index is 847. The third-order valence-corrected chi connectivity index (χ3v) is 3.65. The van der Waals surface area contributed by atoms with E-state index in [1.807, 2.05) is 30.5 Å². The number of aromatic amines is 1. The molecule has 1 amide bonds. The van der Waals surface area contributed by atoms with E-state index in [0.29, 0.717) is 13.0 Å². The monoisotopic (exact) mass is 312 g/mol. The molecule has 5 N–H and O–H groups in total. The summed E-state index contributed by atoms with van der Waals surface area (Å²) in [6.45, 7) is 0.410. The quantitative estimate of drug-likeness (QED) is 0.476. The Morgan fingerprint density at radius 3 is 2.52 bits per heavy atom. The first-order chi connectivity index (χ1) is 11.0. The first-order valence-electron chi connectivity index (χ1n) is 7.14. The number of fused-ring (bicyclic) bond motifs is 1. The second-order valence-corrected chi connectivity index (χ2v) is 5.27. The van der Waals surface area contributed by atoms with Crippen molar-refractivity contribution in [3.8, 4) is 17.2 Å². The van der Waals surface area contributed by atoms with Gasteiger partial charge in [-0.05, 0) is 41.6 Å². The van der Waals surface area contributed by atoms with Crippen LogP contribution in [0.2, 0.25) is 0 Å². The summed E-state index contributed by atoms with van der Waals surface area (Å²) < 4.78 is 0. The molecule has 0 spiro atoms. The molecule has 1 aromatic heterocycles. The second-order valence-electron chi connectivity index (χ2n) is 5.27. The van der Waals surface area contributed by atoms with E-state index < -0.39 is 23.2 Å². The number of nitrogens with one attached hydrogen (secondary N) is 2. The number of phenols is 3. The molecule has 6 heteroatoms. The van der Waals surface area contributed by atoms with Gasteiger partial charge in [0.2, 0.25) is 0 Å². The maximum Gasteiger partial charge on any atom is 0.251 e. The van der Waals surface area contributed by atoms with Crippen LogP contribution in [0.25, 0.3) is 10.9 Å². The number of carbonyl (C=O) groups excluding carboxylic acids is 1. The summed E-state index contributed by atoms with van der Waals surface area (Å²) in [6, 6.07) is 10.2. The van der Waals surface area contributed by atoms with E-state index >= 15 is 0 Å². The Morgan fingerprint density at radius 1 is 1.04 bits per heavy atom. The molecule has 0 aliphatic rings. The molecule has 0 aliphatic heterocycles. The topological polar surface area (TPSA) is 106 Å². The summed E-state index contributed by atoms with van der Waals surface area (Å²) in [5, 5.41) is 32.0. The van der Waals surface area contributed by atoms with Crippen LogP contribution in [-0.4, -0.2) is 32.8 Å². The maximum atomic E-state index is 12.0. The molecule has 1 heterocycles. The van der Waals surface area contributed by atoms with Gasteiger partial charge in [0, 0.05) is 23.8 Å². The number of phenolic OH excluding ortho intramolecular Hbond substituents is 3. The average molecular weight is 312 g/mol. The van der Waals surface area contributed by atoms with Gasteiger partial charge >= 0.3 is 0 Å². The lowest BCUT2D eigenvalue weighted by Gasteiger charge is -2.08. The van der Waals surface area contributed by atoms with Crippen molar-refractivity contribution in [1.82, 2.24) is 10.3 Å². The van der Waals surface area contributed by atoms with Crippen molar-refractivity contribution in [2.24, 2.45) is 0 Å². The highest BCUT2D eigenvalue weighted by molar-refractivity contribution is 5.95. The SMILES string of the molecule is O=C(NCCc1ccc2cc[nH]c2c1)c1cc(O)c(O)c(O)c1. The lowest BCUT2D eigenvalue weighted by Crippen LogP contribution is -2.25. The van der Waals surface area contributed by atoms with Crippen molar-refractivity contribution < 1.29 is 20.1 Å². The Morgan fingerprint density at radius 2 is 1.78 bits per heavy atom. The molecule has 2 aromatic carbocycles. The van der Waals surface area contributed by atoms with Crippen LogP contribution in [0.15, 0.2) is 42.6 Å². The normalized spacial score (nSPS) is 10.8. The van der Waals surface area contributed by atoms with Crippen LogP contribution in [0, 0.1) is 0 Å². The summed E-state index contributed by atoms with van der Waals surface area (Å²) in [5.74, 6) is -2.14. The van der Waals surface area contributed by atoms with Gasteiger partial charge in [0.25, 0.3) is 5.91 Å². The van der Waals surface area contributed by atoms with Crippen LogP contribution >= 0.6 is 0 Å². The Labute approximate surface area is 132 Å². The molecule has 6 nitrogen and oxygen atoms in total. The average Bonchev–Trinajstić information content (AvgIpc) is 2.99. The molecule has 118 valence electrons. The van der Waals surface area contributed by atoms with Crippen molar-refractivity contribution in [2.45, 2.75) is 6.42 Å².